The number of nitrogens with zero attached hydrogens (tertiary/aromatic N) is 2. The van der Waals surface area contributed by atoms with Crippen LogP contribution in [0.3, 0.4) is 0 Å². The first-order chi connectivity index (χ1) is 15.9. The predicted molar refractivity (Wildman–Crippen MR) is 122 cm³/mol. The molecule has 1 amide bonds. The molecule has 8 heteroatoms. The molecule has 2 heterocycles. The first-order valence-corrected chi connectivity index (χ1v) is 11.0. The van der Waals surface area contributed by atoms with Crippen molar-refractivity contribution in [1.82, 2.24) is 9.80 Å². The van der Waals surface area contributed by atoms with Gasteiger partial charge in [0.05, 0.1) is 13.0 Å². The molecule has 2 aromatic carbocycles. The minimum absolute atomic E-state index is 0.120. The van der Waals surface area contributed by atoms with Gasteiger partial charge in [-0.25, -0.2) is 9.59 Å². The second-order valence-corrected chi connectivity index (χ2v) is 8.31. The highest BCUT2D eigenvalue weighted by atomic mass is 16.5. The van der Waals surface area contributed by atoms with Crippen molar-refractivity contribution in [1.29, 1.82) is 0 Å². The number of rotatable bonds is 4. The Bertz CT molecular complexity index is 980. The van der Waals surface area contributed by atoms with Crippen LogP contribution in [0.1, 0.15) is 29.5 Å². The average molecular weight is 455 g/mol. The Kier molecular flexibility index (Phi) is 8.43. The molecule has 1 unspecified atom stereocenters. The van der Waals surface area contributed by atoms with Crippen molar-refractivity contribution in [2.75, 3.05) is 26.7 Å². The van der Waals surface area contributed by atoms with E-state index in [4.69, 9.17) is 24.5 Å². The maximum absolute atomic E-state index is 13.1. The number of hydrogen-bond acceptors (Lipinski definition) is 5. The molecule has 0 saturated carbocycles. The molecule has 1 saturated heterocycles. The van der Waals surface area contributed by atoms with Gasteiger partial charge in [0.25, 0.3) is 0 Å². The molecular weight excluding hydrogens is 424 g/mol. The van der Waals surface area contributed by atoms with E-state index in [0.29, 0.717) is 5.91 Å². The molecule has 0 radical (unpaired) electrons. The summed E-state index contributed by atoms with van der Waals surface area (Å²) in [5.41, 5.74) is 3.94. The molecular formula is C25H30N2O6. The van der Waals surface area contributed by atoms with Gasteiger partial charge in [-0.15, -0.1) is 0 Å². The summed E-state index contributed by atoms with van der Waals surface area (Å²) in [7, 11) is 1.70. The van der Waals surface area contributed by atoms with E-state index in [1.54, 1.807) is 7.11 Å². The number of aliphatic carboxylic acids is 2. The maximum Gasteiger partial charge on any atom is 0.414 e. The number of ether oxygens (including phenoxy) is 1. The largest absolute Gasteiger partial charge is 0.497 e. The Labute approximate surface area is 193 Å². The number of likely N-dealkylation sites (tertiary alicyclic amines) is 1. The Morgan fingerprint density at radius 1 is 1.00 bits per heavy atom. The van der Waals surface area contributed by atoms with Gasteiger partial charge in [0, 0.05) is 26.2 Å². The van der Waals surface area contributed by atoms with Crippen LogP contribution in [0.15, 0.2) is 48.5 Å². The van der Waals surface area contributed by atoms with Crippen LogP contribution in [0.2, 0.25) is 0 Å². The summed E-state index contributed by atoms with van der Waals surface area (Å²) < 4.78 is 5.33. The molecule has 0 aliphatic carbocycles. The number of amides is 1. The highest BCUT2D eigenvalue weighted by molar-refractivity contribution is 6.27. The van der Waals surface area contributed by atoms with E-state index in [9.17, 15) is 4.79 Å². The van der Waals surface area contributed by atoms with Crippen LogP contribution in [0, 0.1) is 5.92 Å². The molecule has 0 spiro atoms. The fourth-order valence-electron chi connectivity index (χ4n) is 4.37. The third-order valence-electron chi connectivity index (χ3n) is 6.02. The summed E-state index contributed by atoms with van der Waals surface area (Å²) in [5, 5.41) is 14.8. The molecule has 176 valence electrons. The number of methoxy groups -OCH3 is 1. The fraction of sp³-hybridized carbons (Fsp3) is 0.400. The number of carbonyl (C=O) groups is 3. The second-order valence-electron chi connectivity index (χ2n) is 8.31. The predicted octanol–water partition coefficient (Wildman–Crippen LogP) is 2.65. The molecule has 1 atom stereocenters. The van der Waals surface area contributed by atoms with Crippen molar-refractivity contribution >= 4 is 17.8 Å². The van der Waals surface area contributed by atoms with Gasteiger partial charge in [-0.05, 0) is 54.6 Å². The number of carboxylic acid groups (broad SMARTS) is 2. The first-order valence-electron chi connectivity index (χ1n) is 11.0. The lowest BCUT2D eigenvalue weighted by molar-refractivity contribution is -0.159. The number of fused-ring (bicyclic) bond motifs is 1. The zero-order valence-electron chi connectivity index (χ0n) is 18.8. The summed E-state index contributed by atoms with van der Waals surface area (Å²) in [5.74, 6) is -2.30. The highest BCUT2D eigenvalue weighted by Crippen LogP contribution is 2.25. The van der Waals surface area contributed by atoms with Gasteiger partial charge in [-0.1, -0.05) is 36.4 Å². The number of carboxylic acids is 2. The molecule has 0 bridgehead atoms. The van der Waals surface area contributed by atoms with Crippen molar-refractivity contribution < 1.29 is 29.3 Å². The van der Waals surface area contributed by atoms with E-state index in [0.717, 1.165) is 57.7 Å². The summed E-state index contributed by atoms with van der Waals surface area (Å²) in [6.07, 6.45) is 3.07. The number of benzene rings is 2. The van der Waals surface area contributed by atoms with E-state index in [-0.39, 0.29) is 5.92 Å². The molecule has 8 nitrogen and oxygen atoms in total. The standard InChI is InChI=1S/C23H28N2O2.C2H2O4/c1-27-22-10-4-6-18(14-22)15-24-12-5-9-21(16-24)23(26)25-13-11-19-7-2-3-8-20(19)17-25;3-1(4)2(5)6/h2-4,6-8,10,14,21H,5,9,11-13,15-17H2,1H3;(H,3,4)(H,5,6). The molecule has 1 fully saturated rings. The summed E-state index contributed by atoms with van der Waals surface area (Å²) >= 11 is 0. The summed E-state index contributed by atoms with van der Waals surface area (Å²) in [6.45, 7) is 4.41. The lowest BCUT2D eigenvalue weighted by Crippen LogP contribution is -2.46. The summed E-state index contributed by atoms with van der Waals surface area (Å²) in [4.78, 5) is 35.8. The lowest BCUT2D eigenvalue weighted by atomic mass is 9.93. The van der Waals surface area contributed by atoms with E-state index in [2.05, 4.69) is 46.2 Å². The van der Waals surface area contributed by atoms with Gasteiger partial charge in [0.2, 0.25) is 5.91 Å². The fourth-order valence-corrected chi connectivity index (χ4v) is 4.37. The smallest absolute Gasteiger partial charge is 0.414 e. The topological polar surface area (TPSA) is 107 Å². The van der Waals surface area contributed by atoms with Gasteiger partial charge in [0.1, 0.15) is 5.75 Å². The molecule has 2 aliphatic rings. The van der Waals surface area contributed by atoms with Crippen molar-refractivity contribution in [3.63, 3.8) is 0 Å². The van der Waals surface area contributed by atoms with E-state index >= 15 is 0 Å². The maximum atomic E-state index is 13.1. The van der Waals surface area contributed by atoms with Gasteiger partial charge in [-0.3, -0.25) is 9.69 Å². The van der Waals surface area contributed by atoms with E-state index < -0.39 is 11.9 Å². The molecule has 2 N–H and O–H groups in total. The minimum atomic E-state index is -1.82. The average Bonchev–Trinajstić information content (AvgIpc) is 2.84. The summed E-state index contributed by atoms with van der Waals surface area (Å²) in [6, 6.07) is 16.7. The Hall–Kier alpha value is -3.39. The van der Waals surface area contributed by atoms with E-state index in [1.165, 1.54) is 16.7 Å². The zero-order valence-corrected chi connectivity index (χ0v) is 18.8. The van der Waals surface area contributed by atoms with Gasteiger partial charge in [0.15, 0.2) is 0 Å². The van der Waals surface area contributed by atoms with Crippen LogP contribution < -0.4 is 4.74 Å². The third kappa shape index (κ3) is 6.79. The molecule has 2 aromatic rings. The Morgan fingerprint density at radius 2 is 1.73 bits per heavy atom. The molecule has 0 aromatic heterocycles. The first kappa shape index (κ1) is 24.3. The zero-order chi connectivity index (χ0) is 23.8. The quantitative estimate of drug-likeness (QED) is 0.684. The number of carbonyl (C=O) groups excluding carboxylic acids is 1. The van der Waals surface area contributed by atoms with Gasteiger partial charge in [-0.2, -0.15) is 0 Å². The van der Waals surface area contributed by atoms with Crippen molar-refractivity contribution in [3.8, 4) is 5.75 Å². The van der Waals surface area contributed by atoms with Crippen molar-refractivity contribution in [3.05, 3.63) is 65.2 Å². The lowest BCUT2D eigenvalue weighted by Gasteiger charge is -2.36. The Morgan fingerprint density at radius 3 is 2.42 bits per heavy atom. The van der Waals surface area contributed by atoms with Gasteiger partial charge >= 0.3 is 11.9 Å². The number of piperidine rings is 1. The molecule has 2 aliphatic heterocycles. The highest BCUT2D eigenvalue weighted by Gasteiger charge is 2.30. The van der Waals surface area contributed by atoms with Gasteiger partial charge < -0.3 is 19.8 Å². The third-order valence-corrected chi connectivity index (χ3v) is 6.02. The van der Waals surface area contributed by atoms with Crippen LogP contribution in [-0.4, -0.2) is 64.6 Å². The second kappa shape index (κ2) is 11.5. The van der Waals surface area contributed by atoms with Crippen molar-refractivity contribution in [2.45, 2.75) is 32.4 Å². The SMILES string of the molecule is COc1cccc(CN2CCCC(C(=O)N3CCc4ccccc4C3)C2)c1.O=C(O)C(=O)O. The monoisotopic (exact) mass is 454 g/mol. The van der Waals surface area contributed by atoms with Crippen LogP contribution in [0.4, 0.5) is 0 Å². The Balaban J connectivity index is 0.000000454. The molecule has 4 rings (SSSR count). The number of hydrogen-bond donors (Lipinski definition) is 2. The van der Waals surface area contributed by atoms with Crippen LogP contribution in [-0.2, 0) is 33.9 Å². The van der Waals surface area contributed by atoms with Crippen LogP contribution >= 0.6 is 0 Å². The van der Waals surface area contributed by atoms with Crippen LogP contribution in [0.5, 0.6) is 5.75 Å². The van der Waals surface area contributed by atoms with Crippen molar-refractivity contribution in [2.24, 2.45) is 5.92 Å². The van der Waals surface area contributed by atoms with E-state index in [1.807, 2.05) is 12.1 Å². The molecule has 33 heavy (non-hydrogen) atoms. The normalized spacial score (nSPS) is 17.8. The van der Waals surface area contributed by atoms with Crippen LogP contribution in [0.25, 0.3) is 0 Å². The minimum Gasteiger partial charge on any atom is -0.497 e.